The van der Waals surface area contributed by atoms with Gasteiger partial charge >= 0.3 is 0 Å². The van der Waals surface area contributed by atoms with E-state index >= 15 is 0 Å². The van der Waals surface area contributed by atoms with Crippen LogP contribution < -0.4 is 0 Å². The molecule has 0 radical (unpaired) electrons. The van der Waals surface area contributed by atoms with E-state index in [0.717, 1.165) is 0 Å². The maximum Gasteiger partial charge on any atom is 0.222 e. The average molecular weight is 193 g/mol. The zero-order valence-electron chi connectivity index (χ0n) is 6.55. The van der Waals surface area contributed by atoms with Crippen LogP contribution in [0.2, 0.25) is 5.28 Å². The van der Waals surface area contributed by atoms with Crippen molar-refractivity contribution in [3.63, 3.8) is 0 Å². The fraction of sp³-hybridized carbons (Fsp3) is 0. The second kappa shape index (κ2) is 3.45. The third kappa shape index (κ3) is 1.78. The Morgan fingerprint density at radius 1 is 1.00 bits per heavy atom. The summed E-state index contributed by atoms with van der Waals surface area (Å²) in [6.45, 7) is 0. The zero-order valence-corrected chi connectivity index (χ0v) is 7.31. The summed E-state index contributed by atoms with van der Waals surface area (Å²) in [7, 11) is 0. The van der Waals surface area contributed by atoms with E-state index in [9.17, 15) is 0 Å². The van der Waals surface area contributed by atoms with Gasteiger partial charge in [0.2, 0.25) is 5.28 Å². The minimum atomic E-state index is 0.199. The highest BCUT2D eigenvalue weighted by Crippen LogP contribution is 2.11. The SMILES string of the molecule is Clc1nccc(-c2ncccn2)n1. The van der Waals surface area contributed by atoms with Crippen molar-refractivity contribution < 1.29 is 0 Å². The number of nitrogens with zero attached hydrogens (tertiary/aromatic N) is 4. The minimum Gasteiger partial charge on any atom is -0.235 e. The molecule has 64 valence electrons. The molecule has 0 atom stereocenters. The van der Waals surface area contributed by atoms with Gasteiger partial charge in [0.25, 0.3) is 0 Å². The first-order chi connectivity index (χ1) is 6.36. The first-order valence-corrected chi connectivity index (χ1v) is 4.00. The third-order valence-corrected chi connectivity index (χ3v) is 1.60. The van der Waals surface area contributed by atoms with Crippen LogP contribution in [0.4, 0.5) is 0 Å². The average Bonchev–Trinajstić information content (AvgIpc) is 2.19. The number of hydrogen-bond donors (Lipinski definition) is 0. The Labute approximate surface area is 79.7 Å². The van der Waals surface area contributed by atoms with Crippen LogP contribution in [0.5, 0.6) is 0 Å². The van der Waals surface area contributed by atoms with E-state index in [0.29, 0.717) is 11.5 Å². The van der Waals surface area contributed by atoms with Crippen LogP contribution in [0.25, 0.3) is 11.5 Å². The second-order valence-electron chi connectivity index (χ2n) is 2.28. The molecule has 0 amide bonds. The van der Waals surface area contributed by atoms with Crippen LogP contribution in [0.1, 0.15) is 0 Å². The van der Waals surface area contributed by atoms with Crippen LogP contribution >= 0.6 is 11.6 Å². The lowest BCUT2D eigenvalue weighted by molar-refractivity contribution is 1.10. The Kier molecular flexibility index (Phi) is 2.14. The molecule has 0 fully saturated rings. The van der Waals surface area contributed by atoms with Crippen molar-refractivity contribution in [3.8, 4) is 11.5 Å². The zero-order chi connectivity index (χ0) is 9.10. The molecular weight excluding hydrogens is 188 g/mol. The summed E-state index contributed by atoms with van der Waals surface area (Å²) in [5.74, 6) is 0.548. The third-order valence-electron chi connectivity index (χ3n) is 1.42. The fourth-order valence-electron chi connectivity index (χ4n) is 0.891. The summed E-state index contributed by atoms with van der Waals surface area (Å²) in [5, 5.41) is 0.199. The number of halogens is 1. The van der Waals surface area contributed by atoms with E-state index in [-0.39, 0.29) is 5.28 Å². The highest BCUT2D eigenvalue weighted by Gasteiger charge is 2.01. The summed E-state index contributed by atoms with van der Waals surface area (Å²) < 4.78 is 0. The van der Waals surface area contributed by atoms with Gasteiger partial charge in [-0.3, -0.25) is 0 Å². The molecule has 4 nitrogen and oxygen atoms in total. The van der Waals surface area contributed by atoms with Crippen LogP contribution in [0.3, 0.4) is 0 Å². The van der Waals surface area contributed by atoms with Crippen molar-refractivity contribution in [1.29, 1.82) is 0 Å². The summed E-state index contributed by atoms with van der Waals surface area (Å²) in [6.07, 6.45) is 4.87. The van der Waals surface area contributed by atoms with Crippen LogP contribution in [-0.2, 0) is 0 Å². The summed E-state index contributed by atoms with van der Waals surface area (Å²) in [6, 6.07) is 3.45. The Balaban J connectivity index is 2.48. The molecule has 0 spiro atoms. The molecule has 5 heteroatoms. The van der Waals surface area contributed by atoms with Crippen LogP contribution in [0, 0.1) is 0 Å². The number of aromatic nitrogens is 4. The molecule has 0 saturated carbocycles. The Morgan fingerprint density at radius 2 is 1.77 bits per heavy atom. The van der Waals surface area contributed by atoms with Crippen molar-refractivity contribution >= 4 is 11.6 Å². The topological polar surface area (TPSA) is 51.6 Å². The normalized spacial score (nSPS) is 9.92. The molecule has 13 heavy (non-hydrogen) atoms. The predicted octanol–water partition coefficient (Wildman–Crippen LogP) is 1.59. The maximum absolute atomic E-state index is 5.62. The Bertz CT molecular complexity index is 404. The van der Waals surface area contributed by atoms with Gasteiger partial charge in [0, 0.05) is 18.6 Å². The van der Waals surface area contributed by atoms with Gasteiger partial charge in [-0.1, -0.05) is 0 Å². The van der Waals surface area contributed by atoms with Crippen molar-refractivity contribution in [1.82, 2.24) is 19.9 Å². The van der Waals surface area contributed by atoms with E-state index in [4.69, 9.17) is 11.6 Å². The highest BCUT2D eigenvalue weighted by molar-refractivity contribution is 6.28. The van der Waals surface area contributed by atoms with Gasteiger partial charge in [0.1, 0.15) is 5.69 Å². The van der Waals surface area contributed by atoms with Crippen molar-refractivity contribution in [2.45, 2.75) is 0 Å². The largest absolute Gasteiger partial charge is 0.235 e. The standard InChI is InChI=1S/C8H5ClN4/c9-8-12-5-2-6(13-8)7-10-3-1-4-11-7/h1-5H. The molecule has 0 aliphatic heterocycles. The monoisotopic (exact) mass is 192 g/mol. The van der Waals surface area contributed by atoms with Gasteiger partial charge < -0.3 is 0 Å². The lowest BCUT2D eigenvalue weighted by Gasteiger charge is -1.96. The molecule has 0 aliphatic rings. The lowest BCUT2D eigenvalue weighted by Crippen LogP contribution is -1.91. The van der Waals surface area contributed by atoms with Gasteiger partial charge in [0.05, 0.1) is 0 Å². The molecule has 0 bridgehead atoms. The van der Waals surface area contributed by atoms with Crippen molar-refractivity contribution in [2.24, 2.45) is 0 Å². The highest BCUT2D eigenvalue weighted by atomic mass is 35.5. The number of rotatable bonds is 1. The smallest absolute Gasteiger partial charge is 0.222 e. The van der Waals surface area contributed by atoms with E-state index < -0.39 is 0 Å². The summed E-state index contributed by atoms with van der Waals surface area (Å²) >= 11 is 5.62. The van der Waals surface area contributed by atoms with Crippen molar-refractivity contribution in [3.05, 3.63) is 36.0 Å². The first-order valence-electron chi connectivity index (χ1n) is 3.62. The maximum atomic E-state index is 5.62. The molecule has 2 aromatic heterocycles. The van der Waals surface area contributed by atoms with Gasteiger partial charge in [0.15, 0.2) is 5.82 Å². The molecule has 0 saturated heterocycles. The summed E-state index contributed by atoms with van der Waals surface area (Å²) in [5.41, 5.74) is 0.626. The van der Waals surface area contributed by atoms with Gasteiger partial charge in [-0.2, -0.15) is 0 Å². The molecule has 2 heterocycles. The van der Waals surface area contributed by atoms with Crippen LogP contribution in [-0.4, -0.2) is 19.9 Å². The lowest BCUT2D eigenvalue weighted by atomic mass is 10.4. The van der Waals surface area contributed by atoms with E-state index in [1.807, 2.05) is 0 Å². The molecule has 0 aliphatic carbocycles. The van der Waals surface area contributed by atoms with Gasteiger partial charge in [-0.15, -0.1) is 0 Å². The molecule has 2 rings (SSSR count). The van der Waals surface area contributed by atoms with E-state index in [2.05, 4.69) is 19.9 Å². The molecular formula is C8H5ClN4. The first kappa shape index (κ1) is 8.07. The summed E-state index contributed by atoms with van der Waals surface area (Å²) in [4.78, 5) is 15.8. The molecule has 0 unspecified atom stereocenters. The second-order valence-corrected chi connectivity index (χ2v) is 2.62. The fourth-order valence-corrected chi connectivity index (χ4v) is 1.04. The van der Waals surface area contributed by atoms with Crippen LogP contribution in [0.15, 0.2) is 30.7 Å². The van der Waals surface area contributed by atoms with Gasteiger partial charge in [-0.05, 0) is 23.7 Å². The number of hydrogen-bond acceptors (Lipinski definition) is 4. The Hall–Kier alpha value is -1.55. The van der Waals surface area contributed by atoms with Gasteiger partial charge in [-0.25, -0.2) is 19.9 Å². The Morgan fingerprint density at radius 3 is 2.46 bits per heavy atom. The predicted molar refractivity (Wildman–Crippen MR) is 48.1 cm³/mol. The quantitative estimate of drug-likeness (QED) is 0.644. The molecule has 0 N–H and O–H groups in total. The molecule has 0 aromatic carbocycles. The van der Waals surface area contributed by atoms with E-state index in [1.165, 1.54) is 0 Å². The molecule has 2 aromatic rings. The van der Waals surface area contributed by atoms with Crippen molar-refractivity contribution in [2.75, 3.05) is 0 Å². The van der Waals surface area contributed by atoms with E-state index in [1.54, 1.807) is 30.7 Å². The minimum absolute atomic E-state index is 0.199.